The number of nitrogens with zero attached hydrogens (tertiary/aromatic N) is 2. The van der Waals surface area contributed by atoms with Crippen LogP contribution >= 0.6 is 23.4 Å². The zero-order chi connectivity index (χ0) is 20.9. The van der Waals surface area contributed by atoms with Crippen LogP contribution in [0, 0.1) is 0 Å². The third-order valence-corrected chi connectivity index (χ3v) is 8.80. The van der Waals surface area contributed by atoms with Crippen LogP contribution in [0.3, 0.4) is 0 Å². The van der Waals surface area contributed by atoms with Gasteiger partial charge in [-0.3, -0.25) is 4.79 Å². The molecule has 5 rings (SSSR count). The monoisotopic (exact) mass is 464 g/mol. The highest BCUT2D eigenvalue weighted by Gasteiger charge is 2.49. The van der Waals surface area contributed by atoms with Crippen molar-refractivity contribution in [2.45, 2.75) is 17.7 Å². The number of sulfone groups is 1. The Morgan fingerprint density at radius 3 is 2.80 bits per heavy atom. The maximum absolute atomic E-state index is 12.7. The number of hydrogen-bond acceptors (Lipinski definition) is 6. The van der Waals surface area contributed by atoms with Crippen molar-refractivity contribution >= 4 is 50.0 Å². The second kappa shape index (κ2) is 7.47. The molecule has 2 aromatic rings. The highest BCUT2D eigenvalue weighted by Crippen LogP contribution is 2.44. The predicted octanol–water partition coefficient (Wildman–Crippen LogP) is 2.91. The summed E-state index contributed by atoms with van der Waals surface area (Å²) in [5, 5.41) is 0.837. The van der Waals surface area contributed by atoms with Gasteiger partial charge in [-0.2, -0.15) is 4.99 Å². The molecule has 0 unspecified atom stereocenters. The van der Waals surface area contributed by atoms with Gasteiger partial charge >= 0.3 is 0 Å². The van der Waals surface area contributed by atoms with E-state index in [4.69, 9.17) is 21.1 Å². The van der Waals surface area contributed by atoms with Crippen molar-refractivity contribution in [1.29, 1.82) is 0 Å². The summed E-state index contributed by atoms with van der Waals surface area (Å²) in [6.07, 6.45) is 0.0757. The maximum Gasteiger partial charge on any atom is 0.252 e. The Balaban J connectivity index is 1.48. The van der Waals surface area contributed by atoms with Crippen LogP contribution < -0.4 is 14.4 Å². The normalized spacial score (nSPS) is 25.0. The van der Waals surface area contributed by atoms with E-state index in [1.54, 1.807) is 30.3 Å². The van der Waals surface area contributed by atoms with E-state index >= 15 is 0 Å². The maximum atomic E-state index is 12.7. The Morgan fingerprint density at radius 2 is 1.97 bits per heavy atom. The van der Waals surface area contributed by atoms with Crippen LogP contribution in [0.5, 0.6) is 11.5 Å². The SMILES string of the molecule is O=C(Cc1ccccc1Cl)N=C1S[C@H]2CS(=O)(=O)C[C@@H]2N1c1ccc2c(c1)OCO2. The fraction of sp³-hybridized carbons (Fsp3) is 0.300. The summed E-state index contributed by atoms with van der Waals surface area (Å²) < 4.78 is 35.2. The second-order valence-electron chi connectivity index (χ2n) is 7.26. The van der Waals surface area contributed by atoms with Crippen molar-refractivity contribution in [3.63, 3.8) is 0 Å². The summed E-state index contributed by atoms with van der Waals surface area (Å²) in [5.41, 5.74) is 1.43. The van der Waals surface area contributed by atoms with Gasteiger partial charge in [0.1, 0.15) is 0 Å². The molecule has 0 radical (unpaired) electrons. The van der Waals surface area contributed by atoms with Gasteiger partial charge < -0.3 is 14.4 Å². The molecule has 0 bridgehead atoms. The molecule has 1 amide bonds. The van der Waals surface area contributed by atoms with Crippen LogP contribution in [0.15, 0.2) is 47.5 Å². The molecule has 2 aromatic carbocycles. The van der Waals surface area contributed by atoms with E-state index in [9.17, 15) is 13.2 Å². The molecule has 30 heavy (non-hydrogen) atoms. The number of carbonyl (C=O) groups excluding carboxylic acids is 1. The fourth-order valence-electron chi connectivity index (χ4n) is 3.85. The standard InChI is InChI=1S/C20H17ClN2O5S2/c21-14-4-2-1-3-12(14)7-19(24)22-20-23(15-9-30(25,26)10-18(15)29-20)13-5-6-16-17(8-13)28-11-27-16/h1-6,8,15,18H,7,9-11H2/t15-,18-/m0/s1. The lowest BCUT2D eigenvalue weighted by Gasteiger charge is -2.24. The van der Waals surface area contributed by atoms with E-state index in [-0.39, 0.29) is 41.9 Å². The average molecular weight is 465 g/mol. The van der Waals surface area contributed by atoms with E-state index in [2.05, 4.69) is 4.99 Å². The molecule has 10 heteroatoms. The predicted molar refractivity (Wildman–Crippen MR) is 116 cm³/mol. The first-order valence-corrected chi connectivity index (χ1v) is 12.4. The molecule has 0 saturated carbocycles. The number of aliphatic imine (C=N–C) groups is 1. The van der Waals surface area contributed by atoms with Crippen molar-refractivity contribution in [1.82, 2.24) is 0 Å². The summed E-state index contributed by atoms with van der Waals surface area (Å²) in [6, 6.07) is 12.3. The van der Waals surface area contributed by atoms with Gasteiger partial charge in [0, 0.05) is 22.0 Å². The van der Waals surface area contributed by atoms with E-state index in [0.717, 1.165) is 5.69 Å². The van der Waals surface area contributed by atoms with Crippen LogP contribution in [0.2, 0.25) is 5.02 Å². The number of halogens is 1. The molecule has 0 aromatic heterocycles. The molecule has 2 atom stereocenters. The van der Waals surface area contributed by atoms with Gasteiger partial charge in [0.2, 0.25) is 6.79 Å². The number of fused-ring (bicyclic) bond motifs is 2. The Morgan fingerprint density at radius 1 is 1.17 bits per heavy atom. The van der Waals surface area contributed by atoms with Crippen molar-refractivity contribution in [2.75, 3.05) is 23.2 Å². The Bertz CT molecular complexity index is 1170. The number of benzene rings is 2. The quantitative estimate of drug-likeness (QED) is 0.690. The Labute approximate surface area is 182 Å². The van der Waals surface area contributed by atoms with E-state index in [0.29, 0.717) is 27.3 Å². The minimum absolute atomic E-state index is 0.0246. The number of amides is 1. The Hall–Kier alpha value is -2.23. The number of rotatable bonds is 3. The molecule has 0 spiro atoms. The van der Waals surface area contributed by atoms with Crippen molar-refractivity contribution in [3.8, 4) is 11.5 Å². The fourth-order valence-corrected chi connectivity index (χ4v) is 7.99. The minimum atomic E-state index is -3.14. The molecule has 2 saturated heterocycles. The van der Waals surface area contributed by atoms with Crippen LogP contribution in [0.4, 0.5) is 5.69 Å². The average Bonchev–Trinajstić information content (AvgIpc) is 3.34. The number of amidine groups is 1. The summed E-state index contributed by atoms with van der Waals surface area (Å²) in [6.45, 7) is 0.144. The van der Waals surface area contributed by atoms with Crippen molar-refractivity contribution in [3.05, 3.63) is 53.1 Å². The van der Waals surface area contributed by atoms with Crippen LogP contribution in [0.1, 0.15) is 5.56 Å². The van der Waals surface area contributed by atoms with Gasteiger partial charge in [0.25, 0.3) is 5.91 Å². The zero-order valence-corrected chi connectivity index (χ0v) is 18.0. The third-order valence-electron chi connectivity index (χ3n) is 5.22. The lowest BCUT2D eigenvalue weighted by molar-refractivity contribution is -0.117. The van der Waals surface area contributed by atoms with Crippen molar-refractivity contribution < 1.29 is 22.7 Å². The van der Waals surface area contributed by atoms with Gasteiger partial charge in [0.05, 0.1) is 24.0 Å². The highest BCUT2D eigenvalue weighted by atomic mass is 35.5. The third kappa shape index (κ3) is 3.66. The summed E-state index contributed by atoms with van der Waals surface area (Å²) >= 11 is 7.50. The summed E-state index contributed by atoms with van der Waals surface area (Å²) in [4.78, 5) is 18.9. The smallest absolute Gasteiger partial charge is 0.252 e. The van der Waals surface area contributed by atoms with E-state index in [1.165, 1.54) is 11.8 Å². The van der Waals surface area contributed by atoms with Crippen LogP contribution in [0.25, 0.3) is 0 Å². The van der Waals surface area contributed by atoms with Crippen LogP contribution in [-0.4, -0.2) is 49.1 Å². The van der Waals surface area contributed by atoms with Gasteiger partial charge in [-0.05, 0) is 23.8 Å². The van der Waals surface area contributed by atoms with Gasteiger partial charge in [-0.1, -0.05) is 41.6 Å². The lowest BCUT2D eigenvalue weighted by atomic mass is 10.1. The van der Waals surface area contributed by atoms with E-state index in [1.807, 2.05) is 17.0 Å². The molecule has 0 aliphatic carbocycles. The van der Waals surface area contributed by atoms with Gasteiger partial charge in [-0.15, -0.1) is 0 Å². The largest absolute Gasteiger partial charge is 0.454 e. The van der Waals surface area contributed by atoms with E-state index < -0.39 is 9.84 Å². The number of thioether (sulfide) groups is 1. The molecule has 156 valence electrons. The molecule has 3 heterocycles. The van der Waals surface area contributed by atoms with Crippen LogP contribution in [-0.2, 0) is 21.1 Å². The minimum Gasteiger partial charge on any atom is -0.454 e. The number of carbonyl (C=O) groups is 1. The first-order chi connectivity index (χ1) is 14.4. The molecule has 7 nitrogen and oxygen atoms in total. The highest BCUT2D eigenvalue weighted by molar-refractivity contribution is 8.16. The first-order valence-electron chi connectivity index (χ1n) is 9.30. The molecule has 2 fully saturated rings. The zero-order valence-electron chi connectivity index (χ0n) is 15.7. The first kappa shape index (κ1) is 19.7. The number of anilines is 1. The second-order valence-corrected chi connectivity index (χ2v) is 11.0. The topological polar surface area (TPSA) is 85.3 Å². The Kier molecular flexibility index (Phi) is 4.91. The molecule has 0 N–H and O–H groups in total. The van der Waals surface area contributed by atoms with Gasteiger partial charge in [0.15, 0.2) is 26.5 Å². The molecular weight excluding hydrogens is 448 g/mol. The number of hydrogen-bond donors (Lipinski definition) is 0. The molecular formula is C20H17ClN2O5S2. The molecule has 3 aliphatic rings. The summed E-state index contributed by atoms with van der Waals surface area (Å²) in [5.74, 6) is 0.981. The lowest BCUT2D eigenvalue weighted by Crippen LogP contribution is -2.37. The molecule has 3 aliphatic heterocycles. The number of ether oxygens (including phenoxy) is 2. The van der Waals surface area contributed by atoms with Gasteiger partial charge in [-0.25, -0.2) is 8.42 Å². The summed E-state index contributed by atoms with van der Waals surface area (Å²) in [7, 11) is -3.14. The van der Waals surface area contributed by atoms with Crippen molar-refractivity contribution in [2.24, 2.45) is 4.99 Å².